The molecule has 1 aliphatic carbocycles. The van der Waals surface area contributed by atoms with Crippen molar-refractivity contribution >= 4 is 5.97 Å². The van der Waals surface area contributed by atoms with Crippen molar-refractivity contribution in [3.8, 4) is 0 Å². The molecule has 2 rings (SSSR count). The van der Waals surface area contributed by atoms with Gasteiger partial charge in [0.2, 0.25) is 0 Å². The Kier molecular flexibility index (Phi) is 4.18. The summed E-state index contributed by atoms with van der Waals surface area (Å²) in [6, 6.07) is 0.565. The third kappa shape index (κ3) is 2.95. The maximum Gasteiger partial charge on any atom is 0.304 e. The van der Waals surface area contributed by atoms with Crippen LogP contribution < -0.4 is 0 Å². The minimum Gasteiger partial charge on any atom is -0.481 e. The Bertz CT molecular complexity index is 244. The molecule has 0 aromatic rings. The summed E-state index contributed by atoms with van der Waals surface area (Å²) < 4.78 is 5.61. The van der Waals surface area contributed by atoms with Gasteiger partial charge in [-0.15, -0.1) is 0 Å². The van der Waals surface area contributed by atoms with Crippen LogP contribution in [-0.2, 0) is 9.53 Å². The largest absolute Gasteiger partial charge is 0.481 e. The van der Waals surface area contributed by atoms with Crippen molar-refractivity contribution in [1.82, 2.24) is 4.90 Å². The van der Waals surface area contributed by atoms with E-state index in [0.29, 0.717) is 18.5 Å². The molecule has 0 unspecified atom stereocenters. The SMILES string of the molecule is O=C(O)CCN1CCOC[C@H]2CCCC[C@H]21. The number of carbonyl (C=O) groups is 1. The van der Waals surface area contributed by atoms with Gasteiger partial charge in [0.15, 0.2) is 0 Å². The summed E-state index contributed by atoms with van der Waals surface area (Å²) in [5.41, 5.74) is 0. The summed E-state index contributed by atoms with van der Waals surface area (Å²) in [4.78, 5) is 13.0. The fourth-order valence-electron chi connectivity index (χ4n) is 2.96. The number of nitrogens with zero attached hydrogens (tertiary/aromatic N) is 1. The minimum atomic E-state index is -0.697. The fraction of sp³-hybridized carbons (Fsp3) is 0.917. The van der Waals surface area contributed by atoms with Crippen LogP contribution in [0.25, 0.3) is 0 Å². The molecule has 1 N–H and O–H groups in total. The number of hydrogen-bond acceptors (Lipinski definition) is 3. The zero-order valence-electron chi connectivity index (χ0n) is 9.73. The lowest BCUT2D eigenvalue weighted by molar-refractivity contribution is -0.137. The summed E-state index contributed by atoms with van der Waals surface area (Å²) >= 11 is 0. The molecule has 0 bridgehead atoms. The van der Waals surface area contributed by atoms with Crippen molar-refractivity contribution in [3.05, 3.63) is 0 Å². The second-order valence-corrected chi connectivity index (χ2v) is 4.87. The molecule has 4 nitrogen and oxygen atoms in total. The van der Waals surface area contributed by atoms with E-state index in [1.807, 2.05) is 0 Å². The highest BCUT2D eigenvalue weighted by Gasteiger charge is 2.32. The number of hydrogen-bond donors (Lipinski definition) is 1. The van der Waals surface area contributed by atoms with E-state index in [-0.39, 0.29) is 6.42 Å². The zero-order valence-corrected chi connectivity index (χ0v) is 9.73. The molecule has 4 heteroatoms. The molecule has 2 aliphatic rings. The van der Waals surface area contributed by atoms with Crippen molar-refractivity contribution < 1.29 is 14.6 Å². The molecule has 1 aliphatic heterocycles. The summed E-state index contributed by atoms with van der Waals surface area (Å²) in [6.45, 7) is 3.20. The normalized spacial score (nSPS) is 31.8. The van der Waals surface area contributed by atoms with Crippen molar-refractivity contribution in [3.63, 3.8) is 0 Å². The van der Waals surface area contributed by atoms with Gasteiger partial charge in [0.25, 0.3) is 0 Å². The first kappa shape index (κ1) is 11.9. The Morgan fingerprint density at radius 1 is 1.38 bits per heavy atom. The highest BCUT2D eigenvalue weighted by Crippen LogP contribution is 2.30. The van der Waals surface area contributed by atoms with Crippen LogP contribution in [0.5, 0.6) is 0 Å². The maximum absolute atomic E-state index is 10.6. The Morgan fingerprint density at radius 3 is 3.00 bits per heavy atom. The van der Waals surface area contributed by atoms with E-state index in [1.165, 1.54) is 25.7 Å². The topological polar surface area (TPSA) is 49.8 Å². The molecule has 0 amide bonds. The average molecular weight is 227 g/mol. The standard InChI is InChI=1S/C12H21NO3/c14-12(15)5-6-13-7-8-16-9-10-3-1-2-4-11(10)13/h10-11H,1-9H2,(H,14,15)/t10-,11-/m1/s1. The van der Waals surface area contributed by atoms with Gasteiger partial charge < -0.3 is 9.84 Å². The van der Waals surface area contributed by atoms with Gasteiger partial charge in [0.05, 0.1) is 19.6 Å². The molecule has 1 saturated heterocycles. The average Bonchev–Trinajstić information content (AvgIpc) is 2.48. The smallest absolute Gasteiger partial charge is 0.304 e. The Labute approximate surface area is 96.6 Å². The van der Waals surface area contributed by atoms with Crippen molar-refractivity contribution in [2.75, 3.05) is 26.3 Å². The molecule has 0 aromatic heterocycles. The van der Waals surface area contributed by atoms with Gasteiger partial charge >= 0.3 is 5.97 Å². The van der Waals surface area contributed by atoms with E-state index < -0.39 is 5.97 Å². The fourth-order valence-corrected chi connectivity index (χ4v) is 2.96. The summed E-state index contributed by atoms with van der Waals surface area (Å²) in [7, 11) is 0. The van der Waals surface area contributed by atoms with Gasteiger partial charge in [-0.2, -0.15) is 0 Å². The molecular weight excluding hydrogens is 206 g/mol. The van der Waals surface area contributed by atoms with E-state index in [9.17, 15) is 4.79 Å². The highest BCUT2D eigenvalue weighted by molar-refractivity contribution is 5.66. The van der Waals surface area contributed by atoms with E-state index in [0.717, 1.165) is 19.8 Å². The molecule has 1 heterocycles. The molecule has 16 heavy (non-hydrogen) atoms. The number of ether oxygens (including phenoxy) is 1. The third-order valence-corrected chi connectivity index (χ3v) is 3.81. The van der Waals surface area contributed by atoms with Crippen LogP contribution in [0.2, 0.25) is 0 Å². The van der Waals surface area contributed by atoms with Crippen LogP contribution in [-0.4, -0.2) is 48.3 Å². The summed E-state index contributed by atoms with van der Waals surface area (Å²) in [5.74, 6) is -0.0671. The van der Waals surface area contributed by atoms with E-state index in [2.05, 4.69) is 4.90 Å². The van der Waals surface area contributed by atoms with E-state index in [1.54, 1.807) is 0 Å². The van der Waals surface area contributed by atoms with Crippen LogP contribution in [0.4, 0.5) is 0 Å². The molecule has 92 valence electrons. The maximum atomic E-state index is 10.6. The van der Waals surface area contributed by atoms with Gasteiger partial charge in [0.1, 0.15) is 0 Å². The lowest BCUT2D eigenvalue weighted by Crippen LogP contribution is -2.43. The third-order valence-electron chi connectivity index (χ3n) is 3.81. The predicted octanol–water partition coefficient (Wildman–Crippen LogP) is 1.35. The number of aliphatic carboxylic acids is 1. The molecular formula is C12H21NO3. The van der Waals surface area contributed by atoms with Crippen molar-refractivity contribution in [2.24, 2.45) is 5.92 Å². The molecule has 1 saturated carbocycles. The molecule has 2 atom stereocenters. The Balaban J connectivity index is 1.94. The van der Waals surface area contributed by atoms with Crippen LogP contribution in [0.3, 0.4) is 0 Å². The quantitative estimate of drug-likeness (QED) is 0.790. The summed E-state index contributed by atoms with van der Waals surface area (Å²) in [5, 5.41) is 8.75. The van der Waals surface area contributed by atoms with Crippen molar-refractivity contribution in [2.45, 2.75) is 38.1 Å². The van der Waals surface area contributed by atoms with Gasteiger partial charge in [-0.1, -0.05) is 12.8 Å². The lowest BCUT2D eigenvalue weighted by Gasteiger charge is -2.37. The van der Waals surface area contributed by atoms with Gasteiger partial charge in [0, 0.05) is 19.1 Å². The first-order valence-corrected chi connectivity index (χ1v) is 6.31. The van der Waals surface area contributed by atoms with Gasteiger partial charge in [-0.05, 0) is 18.8 Å². The summed E-state index contributed by atoms with van der Waals surface area (Å²) in [6.07, 6.45) is 5.30. The predicted molar refractivity (Wildman–Crippen MR) is 60.4 cm³/mol. The van der Waals surface area contributed by atoms with Crippen LogP contribution in [0.15, 0.2) is 0 Å². The zero-order chi connectivity index (χ0) is 11.4. The molecule has 2 fully saturated rings. The van der Waals surface area contributed by atoms with E-state index >= 15 is 0 Å². The number of carboxylic acids is 1. The minimum absolute atomic E-state index is 0.253. The van der Waals surface area contributed by atoms with Crippen molar-refractivity contribution in [1.29, 1.82) is 0 Å². The van der Waals surface area contributed by atoms with Gasteiger partial charge in [-0.3, -0.25) is 9.69 Å². The molecule has 0 spiro atoms. The van der Waals surface area contributed by atoms with Gasteiger partial charge in [-0.25, -0.2) is 0 Å². The second kappa shape index (κ2) is 5.64. The monoisotopic (exact) mass is 227 g/mol. The molecule has 0 aromatic carbocycles. The molecule has 0 radical (unpaired) electrons. The number of fused-ring (bicyclic) bond motifs is 1. The number of rotatable bonds is 3. The Morgan fingerprint density at radius 2 is 2.19 bits per heavy atom. The van der Waals surface area contributed by atoms with Crippen LogP contribution in [0.1, 0.15) is 32.1 Å². The van der Waals surface area contributed by atoms with Crippen LogP contribution in [0, 0.1) is 5.92 Å². The highest BCUT2D eigenvalue weighted by atomic mass is 16.5. The van der Waals surface area contributed by atoms with E-state index in [4.69, 9.17) is 9.84 Å². The lowest BCUT2D eigenvalue weighted by atomic mass is 9.84. The first-order valence-electron chi connectivity index (χ1n) is 6.31. The van der Waals surface area contributed by atoms with Crippen LogP contribution >= 0.6 is 0 Å². The first-order chi connectivity index (χ1) is 7.77. The second-order valence-electron chi connectivity index (χ2n) is 4.87. The number of carboxylic acid groups (broad SMARTS) is 1. The Hall–Kier alpha value is -0.610.